The smallest absolute Gasteiger partial charge is 0.136 e. The molecule has 0 aromatic heterocycles. The zero-order valence-corrected chi connectivity index (χ0v) is 31.3. The summed E-state index contributed by atoms with van der Waals surface area (Å²) in [6.45, 7) is 9.31. The summed E-state index contributed by atoms with van der Waals surface area (Å²) in [5.41, 5.74) is 17.7. The molecule has 10 rings (SSSR count). The van der Waals surface area contributed by atoms with Crippen molar-refractivity contribution >= 4 is 22.1 Å². The second-order valence-electron chi connectivity index (χ2n) is 15.6. The minimum absolute atomic E-state index is 0.109. The summed E-state index contributed by atoms with van der Waals surface area (Å²) >= 11 is 0. The molecule has 0 spiro atoms. The van der Waals surface area contributed by atoms with Gasteiger partial charge in [0.05, 0.1) is 5.70 Å². The fourth-order valence-electron chi connectivity index (χ4n) is 9.66. The van der Waals surface area contributed by atoms with E-state index in [9.17, 15) is 0 Å². The topological polar surface area (TPSA) is 12.5 Å². The van der Waals surface area contributed by atoms with Crippen molar-refractivity contribution in [1.29, 1.82) is 0 Å². The van der Waals surface area contributed by atoms with Crippen molar-refractivity contribution < 1.29 is 4.74 Å². The Labute approximate surface area is 318 Å². The summed E-state index contributed by atoms with van der Waals surface area (Å²) in [5, 5.41) is 2.59. The van der Waals surface area contributed by atoms with Crippen molar-refractivity contribution in [3.63, 3.8) is 0 Å². The van der Waals surface area contributed by atoms with Crippen LogP contribution in [-0.2, 0) is 11.8 Å². The Balaban J connectivity index is 1.15. The first-order valence-electron chi connectivity index (χ1n) is 19.3. The molecule has 0 amide bonds. The minimum Gasteiger partial charge on any atom is -0.484 e. The van der Waals surface area contributed by atoms with Crippen LogP contribution < -0.4 is 9.64 Å². The van der Waals surface area contributed by atoms with E-state index in [2.05, 4.69) is 196 Å². The number of benzene rings is 7. The predicted octanol–water partition coefficient (Wildman–Crippen LogP) is 13.5. The molecule has 2 heteroatoms. The first-order chi connectivity index (χ1) is 26.4. The Bertz CT molecular complexity index is 2660. The van der Waals surface area contributed by atoms with Gasteiger partial charge in [-0.15, -0.1) is 0 Å². The quantitative estimate of drug-likeness (QED) is 0.182. The van der Waals surface area contributed by atoms with E-state index in [0.29, 0.717) is 0 Å². The molecule has 1 aliphatic heterocycles. The highest BCUT2D eigenvalue weighted by atomic mass is 16.5. The van der Waals surface area contributed by atoms with Crippen molar-refractivity contribution in [2.24, 2.45) is 0 Å². The molecule has 0 saturated heterocycles. The molecule has 0 N–H and O–H groups in total. The van der Waals surface area contributed by atoms with Gasteiger partial charge in [0, 0.05) is 33.8 Å². The van der Waals surface area contributed by atoms with Crippen LogP contribution in [-0.4, -0.2) is 6.10 Å². The molecular weight excluding hydrogens is 655 g/mol. The molecule has 0 saturated carbocycles. The molecule has 1 unspecified atom stereocenters. The highest BCUT2D eigenvalue weighted by molar-refractivity contribution is 6.03. The Morgan fingerprint density at radius 1 is 0.593 bits per heavy atom. The Morgan fingerprint density at radius 2 is 1.26 bits per heavy atom. The fraction of sp³-hybridized carbons (Fsp3) is 0.154. The maximum Gasteiger partial charge on any atom is 0.136 e. The van der Waals surface area contributed by atoms with Crippen LogP contribution in [0.25, 0.3) is 44.2 Å². The second-order valence-corrected chi connectivity index (χ2v) is 15.6. The highest BCUT2D eigenvalue weighted by Crippen LogP contribution is 2.57. The monoisotopic (exact) mass is 697 g/mol. The number of hydrogen-bond donors (Lipinski definition) is 0. The van der Waals surface area contributed by atoms with Gasteiger partial charge in [-0.2, -0.15) is 0 Å². The molecule has 54 heavy (non-hydrogen) atoms. The van der Waals surface area contributed by atoms with Gasteiger partial charge in [0.1, 0.15) is 11.9 Å². The van der Waals surface area contributed by atoms with Gasteiger partial charge in [-0.3, -0.25) is 0 Å². The third-order valence-corrected chi connectivity index (χ3v) is 12.2. The van der Waals surface area contributed by atoms with Crippen LogP contribution >= 0.6 is 0 Å². The number of para-hydroxylation sites is 1. The van der Waals surface area contributed by atoms with Gasteiger partial charge in [-0.05, 0) is 105 Å². The molecule has 2 atom stereocenters. The molecule has 3 aliphatic rings. The maximum absolute atomic E-state index is 7.49. The summed E-state index contributed by atoms with van der Waals surface area (Å²) in [4.78, 5) is 2.41. The summed E-state index contributed by atoms with van der Waals surface area (Å²) < 4.78 is 7.49. The van der Waals surface area contributed by atoms with Gasteiger partial charge in [0.15, 0.2) is 0 Å². The lowest BCUT2D eigenvalue weighted by Gasteiger charge is -2.33. The van der Waals surface area contributed by atoms with Crippen molar-refractivity contribution in [3.8, 4) is 39.1 Å². The zero-order chi connectivity index (χ0) is 36.6. The van der Waals surface area contributed by atoms with Crippen LogP contribution in [0.1, 0.15) is 61.4 Å². The molecule has 7 aromatic rings. The van der Waals surface area contributed by atoms with Gasteiger partial charge in [-0.1, -0.05) is 154 Å². The molecule has 0 bridgehead atoms. The number of hydrogen-bond acceptors (Lipinski definition) is 2. The number of ether oxygens (including phenoxy) is 1. The number of anilines is 2. The summed E-state index contributed by atoms with van der Waals surface area (Å²) in [6, 6.07) is 53.3. The van der Waals surface area contributed by atoms with E-state index in [0.717, 1.165) is 29.2 Å². The van der Waals surface area contributed by atoms with Gasteiger partial charge < -0.3 is 9.64 Å². The van der Waals surface area contributed by atoms with Crippen molar-refractivity contribution in [3.05, 3.63) is 197 Å². The van der Waals surface area contributed by atoms with Crippen LogP contribution in [0.15, 0.2) is 170 Å². The summed E-state index contributed by atoms with van der Waals surface area (Å²) in [5.74, 6) is 1.21. The molecule has 0 radical (unpaired) electrons. The summed E-state index contributed by atoms with van der Waals surface area (Å²) in [6.07, 6.45) is 7.32. The van der Waals surface area contributed by atoms with Gasteiger partial charge >= 0.3 is 0 Å². The van der Waals surface area contributed by atoms with Crippen molar-refractivity contribution in [2.45, 2.75) is 51.6 Å². The number of fused-ring (bicyclic) bond motifs is 11. The molecular formula is C52H43NO. The molecule has 7 aromatic carbocycles. The average Bonchev–Trinajstić information content (AvgIpc) is 3.66. The first-order valence-corrected chi connectivity index (χ1v) is 19.3. The first kappa shape index (κ1) is 32.5. The standard InChI is InChI=1S/C52H43NO/c1-33-48-38(35-18-7-5-8-19-35)26-17-27-44(48)50-49(33)42-24-12-11-22-39(42)43-25-14-16-29-47(34(2)54-51(43)50)53(36-20-9-6-10-21-36)37-30-31-41-40-23-13-15-28-45(40)52(3,4)46(41)32-37/h5-24,26-34H,25H2,1-4H3/b16-14-,47-29+/t33?,34-/m1/s1. The average molecular weight is 698 g/mol. The van der Waals surface area contributed by atoms with E-state index in [1.54, 1.807) is 0 Å². The van der Waals surface area contributed by atoms with Crippen LogP contribution in [0, 0.1) is 0 Å². The van der Waals surface area contributed by atoms with Crippen molar-refractivity contribution in [2.75, 3.05) is 4.90 Å². The normalized spacial score (nSPS) is 19.1. The van der Waals surface area contributed by atoms with Gasteiger partial charge in [0.25, 0.3) is 0 Å². The van der Waals surface area contributed by atoms with E-state index in [1.807, 2.05) is 0 Å². The maximum atomic E-state index is 7.49. The minimum atomic E-state index is -0.271. The van der Waals surface area contributed by atoms with E-state index < -0.39 is 0 Å². The van der Waals surface area contributed by atoms with Crippen LogP contribution in [0.2, 0.25) is 0 Å². The van der Waals surface area contributed by atoms with E-state index >= 15 is 0 Å². The van der Waals surface area contributed by atoms with Gasteiger partial charge in [0.2, 0.25) is 0 Å². The lowest BCUT2D eigenvalue weighted by atomic mass is 9.82. The Hall–Kier alpha value is -6.12. The third-order valence-electron chi connectivity index (χ3n) is 12.2. The Morgan fingerprint density at radius 3 is 2.07 bits per heavy atom. The molecule has 262 valence electrons. The van der Waals surface area contributed by atoms with Crippen molar-refractivity contribution in [1.82, 2.24) is 0 Å². The fourth-order valence-corrected chi connectivity index (χ4v) is 9.66. The van der Waals surface area contributed by atoms with Gasteiger partial charge in [-0.25, -0.2) is 0 Å². The number of allylic oxidation sites excluding steroid dienone is 3. The third kappa shape index (κ3) is 4.86. The molecule has 2 nitrogen and oxygen atoms in total. The summed E-state index contributed by atoms with van der Waals surface area (Å²) in [7, 11) is 0. The largest absolute Gasteiger partial charge is 0.484 e. The molecule has 0 fully saturated rings. The molecule has 1 heterocycles. The predicted molar refractivity (Wildman–Crippen MR) is 226 cm³/mol. The SMILES string of the molecule is CC1c2c(-c3ccccc3)cccc2-c2c3c(c4ccccc4c21)C/C=C\C=C(\N(c1ccccc1)c1ccc2c(c1)C(C)(C)c1ccccc1-2)[C@@H](C)O3. The van der Waals surface area contributed by atoms with Crippen LogP contribution in [0.4, 0.5) is 11.4 Å². The van der Waals surface area contributed by atoms with E-state index in [4.69, 9.17) is 4.74 Å². The van der Waals surface area contributed by atoms with Crippen LogP contribution in [0.3, 0.4) is 0 Å². The number of nitrogens with zero attached hydrogens (tertiary/aromatic N) is 1. The second kappa shape index (κ2) is 12.5. The van der Waals surface area contributed by atoms with E-state index in [1.165, 1.54) is 72.0 Å². The lowest BCUT2D eigenvalue weighted by Crippen LogP contribution is -2.29. The lowest BCUT2D eigenvalue weighted by molar-refractivity contribution is 0.255. The Kier molecular flexibility index (Phi) is 7.52. The molecule has 2 aliphatic carbocycles. The highest BCUT2D eigenvalue weighted by Gasteiger charge is 2.38. The van der Waals surface area contributed by atoms with E-state index in [-0.39, 0.29) is 17.4 Å². The zero-order valence-electron chi connectivity index (χ0n) is 31.3. The number of rotatable bonds is 4. The van der Waals surface area contributed by atoms with Crippen LogP contribution in [0.5, 0.6) is 5.75 Å².